The summed E-state index contributed by atoms with van der Waals surface area (Å²) in [6.07, 6.45) is 4.72. The number of hydrogen-bond donors (Lipinski definition) is 1. The van der Waals surface area contributed by atoms with Gasteiger partial charge in [0.2, 0.25) is 11.8 Å². The van der Waals surface area contributed by atoms with Crippen molar-refractivity contribution in [1.82, 2.24) is 20.0 Å². The van der Waals surface area contributed by atoms with Crippen LogP contribution < -0.4 is 10.1 Å². The summed E-state index contributed by atoms with van der Waals surface area (Å²) in [6, 6.07) is 9.46. The van der Waals surface area contributed by atoms with E-state index < -0.39 is 0 Å². The topological polar surface area (TPSA) is 76.5 Å². The standard InChI is InChI=1S/C22H30N4O3/c1-17-9-12-26(24-17)13-10-22(28)25-11-3-4-19(16-25)15-23-21(27)14-18-5-7-20(29-2)8-6-18/h5-9,12,19H,3-4,10-11,13-16H2,1-2H3,(H,23,27)/t19-/m1/s1. The first-order valence-corrected chi connectivity index (χ1v) is 10.2. The Morgan fingerprint density at radius 1 is 1.24 bits per heavy atom. The highest BCUT2D eigenvalue weighted by atomic mass is 16.5. The number of methoxy groups -OCH3 is 1. The van der Waals surface area contributed by atoms with Crippen LogP contribution in [0.2, 0.25) is 0 Å². The maximum Gasteiger partial charge on any atom is 0.224 e. The second-order valence-electron chi connectivity index (χ2n) is 7.65. The SMILES string of the molecule is COc1ccc(CC(=O)NC[C@H]2CCCN(C(=O)CCn3ccc(C)n3)C2)cc1. The van der Waals surface area contributed by atoms with Gasteiger partial charge in [-0.1, -0.05) is 12.1 Å². The number of carbonyl (C=O) groups excluding carboxylic acids is 2. The van der Waals surface area contributed by atoms with E-state index in [9.17, 15) is 9.59 Å². The maximum atomic E-state index is 12.5. The fourth-order valence-electron chi connectivity index (χ4n) is 3.66. The zero-order chi connectivity index (χ0) is 20.6. The van der Waals surface area contributed by atoms with E-state index >= 15 is 0 Å². The van der Waals surface area contributed by atoms with Gasteiger partial charge in [0.05, 0.1) is 19.2 Å². The van der Waals surface area contributed by atoms with Crippen LogP contribution in [0.1, 0.15) is 30.5 Å². The van der Waals surface area contributed by atoms with E-state index in [1.54, 1.807) is 7.11 Å². The highest BCUT2D eigenvalue weighted by Gasteiger charge is 2.23. The quantitative estimate of drug-likeness (QED) is 0.740. The summed E-state index contributed by atoms with van der Waals surface area (Å²) in [5.74, 6) is 1.25. The van der Waals surface area contributed by atoms with E-state index in [4.69, 9.17) is 4.74 Å². The summed E-state index contributed by atoms with van der Waals surface area (Å²) < 4.78 is 6.95. The smallest absolute Gasteiger partial charge is 0.224 e. The van der Waals surface area contributed by atoms with Gasteiger partial charge in [0.15, 0.2) is 0 Å². The van der Waals surface area contributed by atoms with Crippen LogP contribution >= 0.6 is 0 Å². The zero-order valence-electron chi connectivity index (χ0n) is 17.3. The third-order valence-electron chi connectivity index (χ3n) is 5.31. The third kappa shape index (κ3) is 6.34. The van der Waals surface area contributed by atoms with Gasteiger partial charge in [0.25, 0.3) is 0 Å². The molecule has 156 valence electrons. The molecule has 1 fully saturated rings. The molecule has 1 aliphatic rings. The molecule has 29 heavy (non-hydrogen) atoms. The summed E-state index contributed by atoms with van der Waals surface area (Å²) in [4.78, 5) is 26.7. The average Bonchev–Trinajstić information content (AvgIpc) is 3.16. The van der Waals surface area contributed by atoms with Gasteiger partial charge < -0.3 is 15.0 Å². The van der Waals surface area contributed by atoms with Crippen LogP contribution in [0, 0.1) is 12.8 Å². The second kappa shape index (κ2) is 10.1. The first-order chi connectivity index (χ1) is 14.0. The summed E-state index contributed by atoms with van der Waals surface area (Å²) in [7, 11) is 1.62. The van der Waals surface area contributed by atoms with Crippen molar-refractivity contribution in [3.05, 3.63) is 47.8 Å². The Morgan fingerprint density at radius 3 is 2.72 bits per heavy atom. The molecule has 0 unspecified atom stereocenters. The lowest BCUT2D eigenvalue weighted by Gasteiger charge is -2.33. The van der Waals surface area contributed by atoms with Crippen LogP contribution in [0.4, 0.5) is 0 Å². The van der Waals surface area contributed by atoms with Crippen LogP contribution in [0.25, 0.3) is 0 Å². The summed E-state index contributed by atoms with van der Waals surface area (Å²) in [5, 5.41) is 7.35. The molecule has 7 nitrogen and oxygen atoms in total. The predicted molar refractivity (Wildman–Crippen MR) is 111 cm³/mol. The highest BCUT2D eigenvalue weighted by Crippen LogP contribution is 2.17. The van der Waals surface area contributed by atoms with Crippen molar-refractivity contribution in [2.24, 2.45) is 5.92 Å². The first-order valence-electron chi connectivity index (χ1n) is 10.2. The minimum absolute atomic E-state index is 0.00710. The van der Waals surface area contributed by atoms with E-state index in [0.717, 1.165) is 36.4 Å². The van der Waals surface area contributed by atoms with E-state index in [1.165, 1.54) is 0 Å². The van der Waals surface area contributed by atoms with Gasteiger partial charge in [-0.05, 0) is 49.4 Å². The molecule has 1 saturated heterocycles. The molecule has 3 rings (SSSR count). The molecule has 0 saturated carbocycles. The van der Waals surface area contributed by atoms with Crippen LogP contribution in [-0.4, -0.2) is 53.2 Å². The number of ether oxygens (including phenoxy) is 1. The Labute approximate surface area is 172 Å². The van der Waals surface area contributed by atoms with Crippen molar-refractivity contribution >= 4 is 11.8 Å². The normalized spacial score (nSPS) is 16.5. The Morgan fingerprint density at radius 2 is 2.03 bits per heavy atom. The number of carbonyl (C=O) groups is 2. The molecule has 1 aromatic heterocycles. The van der Waals surface area contributed by atoms with E-state index in [1.807, 2.05) is 53.0 Å². The van der Waals surface area contributed by atoms with Crippen LogP contribution in [-0.2, 0) is 22.6 Å². The minimum Gasteiger partial charge on any atom is -0.497 e. The number of piperidine rings is 1. The third-order valence-corrected chi connectivity index (χ3v) is 5.31. The molecule has 0 spiro atoms. The number of aromatic nitrogens is 2. The number of benzene rings is 1. The predicted octanol–water partition coefficient (Wildman–Crippen LogP) is 2.19. The number of rotatable bonds is 8. The number of nitrogens with one attached hydrogen (secondary N) is 1. The maximum absolute atomic E-state index is 12.5. The van der Waals surface area contributed by atoms with Crippen molar-refractivity contribution in [3.63, 3.8) is 0 Å². The fraction of sp³-hybridized carbons (Fsp3) is 0.500. The van der Waals surface area contributed by atoms with Gasteiger partial charge in [-0.2, -0.15) is 5.10 Å². The van der Waals surface area contributed by atoms with Crippen LogP contribution in [0.3, 0.4) is 0 Å². The average molecular weight is 399 g/mol. The molecule has 1 aliphatic heterocycles. The lowest BCUT2D eigenvalue weighted by Crippen LogP contribution is -2.44. The first kappa shape index (κ1) is 20.9. The molecule has 0 radical (unpaired) electrons. The number of hydrogen-bond acceptors (Lipinski definition) is 4. The molecule has 0 aliphatic carbocycles. The van der Waals surface area contributed by atoms with Gasteiger partial charge in [0.1, 0.15) is 5.75 Å². The Hall–Kier alpha value is -2.83. The summed E-state index contributed by atoms with van der Waals surface area (Å²) >= 11 is 0. The van der Waals surface area contributed by atoms with Crippen molar-refractivity contribution in [2.75, 3.05) is 26.7 Å². The molecule has 1 atom stereocenters. The Kier molecular flexibility index (Phi) is 7.27. The molecule has 7 heteroatoms. The van der Waals surface area contributed by atoms with Crippen molar-refractivity contribution in [2.45, 2.75) is 39.2 Å². The zero-order valence-corrected chi connectivity index (χ0v) is 17.3. The van der Waals surface area contributed by atoms with Crippen molar-refractivity contribution in [3.8, 4) is 5.75 Å². The Bertz CT molecular complexity index is 816. The van der Waals surface area contributed by atoms with Gasteiger partial charge >= 0.3 is 0 Å². The van der Waals surface area contributed by atoms with Crippen LogP contribution in [0.5, 0.6) is 5.75 Å². The number of aryl methyl sites for hydroxylation is 2. The lowest BCUT2D eigenvalue weighted by atomic mass is 9.97. The van der Waals surface area contributed by atoms with E-state index in [0.29, 0.717) is 38.4 Å². The molecular weight excluding hydrogens is 368 g/mol. The highest BCUT2D eigenvalue weighted by molar-refractivity contribution is 5.78. The molecule has 1 N–H and O–H groups in total. The van der Waals surface area contributed by atoms with Gasteiger partial charge in [-0.25, -0.2) is 0 Å². The van der Waals surface area contributed by atoms with Crippen molar-refractivity contribution in [1.29, 1.82) is 0 Å². The molecule has 2 aromatic rings. The minimum atomic E-state index is 0.00710. The molecule has 2 amide bonds. The number of amides is 2. The largest absolute Gasteiger partial charge is 0.497 e. The van der Waals surface area contributed by atoms with Crippen LogP contribution in [0.15, 0.2) is 36.5 Å². The summed E-state index contributed by atoms with van der Waals surface area (Å²) in [6.45, 7) is 4.66. The molecular formula is C22H30N4O3. The molecule has 0 bridgehead atoms. The van der Waals surface area contributed by atoms with Gasteiger partial charge in [0, 0.05) is 38.8 Å². The van der Waals surface area contributed by atoms with Gasteiger partial charge in [-0.3, -0.25) is 14.3 Å². The number of nitrogens with zero attached hydrogens (tertiary/aromatic N) is 3. The molecule has 2 heterocycles. The Balaban J connectivity index is 1.40. The van der Waals surface area contributed by atoms with Gasteiger partial charge in [-0.15, -0.1) is 0 Å². The molecule has 1 aromatic carbocycles. The number of likely N-dealkylation sites (tertiary alicyclic amines) is 1. The summed E-state index contributed by atoms with van der Waals surface area (Å²) in [5.41, 5.74) is 1.92. The fourth-order valence-corrected chi connectivity index (χ4v) is 3.66. The second-order valence-corrected chi connectivity index (χ2v) is 7.65. The monoisotopic (exact) mass is 398 g/mol. The lowest BCUT2D eigenvalue weighted by molar-refractivity contribution is -0.133. The van der Waals surface area contributed by atoms with E-state index in [-0.39, 0.29) is 11.8 Å². The van der Waals surface area contributed by atoms with Crippen molar-refractivity contribution < 1.29 is 14.3 Å². The van der Waals surface area contributed by atoms with E-state index in [2.05, 4.69) is 10.4 Å².